The van der Waals surface area contributed by atoms with Gasteiger partial charge in [-0.3, -0.25) is 4.90 Å². The molecule has 0 aliphatic carbocycles. The van der Waals surface area contributed by atoms with Crippen LogP contribution in [-0.4, -0.2) is 39.9 Å². The highest BCUT2D eigenvalue weighted by molar-refractivity contribution is 5.58. The molecule has 0 radical (unpaired) electrons. The fourth-order valence-electron chi connectivity index (χ4n) is 3.80. The molecule has 1 aromatic heterocycles. The van der Waals surface area contributed by atoms with Crippen molar-refractivity contribution in [2.75, 3.05) is 13.1 Å². The van der Waals surface area contributed by atoms with Crippen LogP contribution < -0.4 is 0 Å². The summed E-state index contributed by atoms with van der Waals surface area (Å²) in [5.74, 6) is 0. The lowest BCUT2D eigenvalue weighted by Crippen LogP contribution is -2.36. The molecule has 4 heteroatoms. The smallest absolute Gasteiger partial charge is 0.137 e. The molecule has 0 saturated carbocycles. The van der Waals surface area contributed by atoms with Crippen molar-refractivity contribution >= 4 is 6.29 Å². The molecule has 114 valence electrons. The van der Waals surface area contributed by atoms with Crippen molar-refractivity contribution in [1.29, 1.82) is 0 Å². The average Bonchev–Trinajstić information content (AvgIpc) is 3.22. The second-order valence-electron chi connectivity index (χ2n) is 6.29. The van der Waals surface area contributed by atoms with Gasteiger partial charge in [0.2, 0.25) is 0 Å². The second-order valence-corrected chi connectivity index (χ2v) is 6.29. The van der Waals surface area contributed by atoms with E-state index in [1.54, 1.807) is 0 Å². The Balaban J connectivity index is 1.62. The first-order chi connectivity index (χ1) is 10.9. The van der Waals surface area contributed by atoms with Crippen LogP contribution in [0.3, 0.4) is 0 Å². The van der Waals surface area contributed by atoms with Gasteiger partial charge in [0.05, 0.1) is 18.1 Å². The van der Waals surface area contributed by atoms with Crippen molar-refractivity contribution in [2.24, 2.45) is 0 Å². The van der Waals surface area contributed by atoms with Crippen molar-refractivity contribution in [3.63, 3.8) is 0 Å². The molecular formula is C18H21N3O. The molecule has 0 spiro atoms. The lowest BCUT2D eigenvalue weighted by Gasteiger charge is -2.23. The molecule has 4 nitrogen and oxygen atoms in total. The predicted molar refractivity (Wildman–Crippen MR) is 85.3 cm³/mol. The minimum absolute atomic E-state index is 0.0146. The molecule has 1 fully saturated rings. The summed E-state index contributed by atoms with van der Waals surface area (Å²) in [7, 11) is 0. The van der Waals surface area contributed by atoms with Gasteiger partial charge < -0.3 is 9.36 Å². The third-order valence-corrected chi connectivity index (χ3v) is 5.00. The van der Waals surface area contributed by atoms with Crippen molar-refractivity contribution in [3.8, 4) is 5.69 Å². The third-order valence-electron chi connectivity index (χ3n) is 5.00. The first-order valence-electron chi connectivity index (χ1n) is 8.19. The summed E-state index contributed by atoms with van der Waals surface area (Å²) in [5.41, 5.74) is 5.00. The van der Waals surface area contributed by atoms with Crippen LogP contribution in [0.15, 0.2) is 30.6 Å². The van der Waals surface area contributed by atoms with Gasteiger partial charge >= 0.3 is 0 Å². The average molecular weight is 295 g/mol. The summed E-state index contributed by atoms with van der Waals surface area (Å²) in [5, 5.41) is 0. The van der Waals surface area contributed by atoms with Gasteiger partial charge in [0.25, 0.3) is 0 Å². The van der Waals surface area contributed by atoms with Gasteiger partial charge in [-0.05, 0) is 50.4 Å². The van der Waals surface area contributed by atoms with E-state index in [-0.39, 0.29) is 6.04 Å². The number of para-hydroxylation sites is 1. The first kappa shape index (κ1) is 13.7. The first-order valence-corrected chi connectivity index (χ1v) is 8.19. The van der Waals surface area contributed by atoms with Gasteiger partial charge in [-0.15, -0.1) is 0 Å². The van der Waals surface area contributed by atoms with E-state index in [0.29, 0.717) is 0 Å². The monoisotopic (exact) mass is 295 g/mol. The summed E-state index contributed by atoms with van der Waals surface area (Å²) in [6.07, 6.45) is 8.26. The van der Waals surface area contributed by atoms with Crippen LogP contribution in [0.2, 0.25) is 0 Å². The Hall–Kier alpha value is -1.94. The molecular weight excluding hydrogens is 274 g/mol. The maximum Gasteiger partial charge on any atom is 0.137 e. The molecule has 0 bridgehead atoms. The van der Waals surface area contributed by atoms with Gasteiger partial charge in [0.15, 0.2) is 0 Å². The Morgan fingerprint density at radius 3 is 2.82 bits per heavy atom. The number of imidazole rings is 1. The van der Waals surface area contributed by atoms with Gasteiger partial charge in [-0.25, -0.2) is 4.98 Å². The number of nitrogens with zero attached hydrogens (tertiary/aromatic N) is 3. The Morgan fingerprint density at radius 2 is 2.00 bits per heavy atom. The lowest BCUT2D eigenvalue weighted by molar-refractivity contribution is -0.112. The van der Waals surface area contributed by atoms with Crippen molar-refractivity contribution in [3.05, 3.63) is 47.5 Å². The fraction of sp³-hybridized carbons (Fsp3) is 0.444. The van der Waals surface area contributed by atoms with E-state index in [9.17, 15) is 4.79 Å². The van der Waals surface area contributed by atoms with Gasteiger partial charge in [0, 0.05) is 17.8 Å². The number of rotatable bonds is 4. The number of aryl methyl sites for hydroxylation is 1. The van der Waals surface area contributed by atoms with E-state index in [2.05, 4.69) is 38.7 Å². The van der Waals surface area contributed by atoms with E-state index in [1.807, 2.05) is 6.33 Å². The van der Waals surface area contributed by atoms with Crippen LogP contribution in [0.5, 0.6) is 0 Å². The van der Waals surface area contributed by atoms with Crippen LogP contribution in [0.4, 0.5) is 0 Å². The van der Waals surface area contributed by atoms with E-state index >= 15 is 0 Å². The highest BCUT2D eigenvalue weighted by Crippen LogP contribution is 2.27. The normalized spacial score (nSPS) is 18.7. The molecule has 2 aliphatic heterocycles. The minimum atomic E-state index is -0.0146. The molecule has 1 unspecified atom stereocenters. The number of benzene rings is 1. The summed E-state index contributed by atoms with van der Waals surface area (Å²) in [6, 6.07) is 8.50. The molecule has 1 atom stereocenters. The number of aldehydes is 1. The molecule has 1 saturated heterocycles. The maximum absolute atomic E-state index is 11.5. The summed E-state index contributed by atoms with van der Waals surface area (Å²) in [6.45, 7) is 2.09. The van der Waals surface area contributed by atoms with Gasteiger partial charge in [0.1, 0.15) is 6.29 Å². The number of carbonyl (C=O) groups is 1. The Bertz CT molecular complexity index is 685. The van der Waals surface area contributed by atoms with Crippen molar-refractivity contribution < 1.29 is 4.79 Å². The summed E-state index contributed by atoms with van der Waals surface area (Å²) < 4.78 is 2.21. The lowest BCUT2D eigenvalue weighted by atomic mass is 9.99. The zero-order chi connectivity index (χ0) is 14.9. The van der Waals surface area contributed by atoms with Crippen LogP contribution in [0, 0.1) is 0 Å². The summed E-state index contributed by atoms with van der Waals surface area (Å²) in [4.78, 5) is 18.4. The third kappa shape index (κ3) is 2.28. The molecule has 0 N–H and O–H groups in total. The van der Waals surface area contributed by atoms with E-state index in [0.717, 1.165) is 44.3 Å². The van der Waals surface area contributed by atoms with Crippen LogP contribution >= 0.6 is 0 Å². The number of hydrogen-bond donors (Lipinski definition) is 0. The Morgan fingerprint density at radius 1 is 1.18 bits per heavy atom. The van der Waals surface area contributed by atoms with Gasteiger partial charge in [-0.2, -0.15) is 0 Å². The zero-order valence-corrected chi connectivity index (χ0v) is 12.7. The molecule has 2 aromatic rings. The Labute approximate surface area is 130 Å². The summed E-state index contributed by atoms with van der Waals surface area (Å²) >= 11 is 0. The predicted octanol–water partition coefficient (Wildman–Crippen LogP) is 2.18. The number of aromatic nitrogens is 2. The number of hydrogen-bond acceptors (Lipinski definition) is 3. The Kier molecular flexibility index (Phi) is 3.54. The molecule has 0 amide bonds. The van der Waals surface area contributed by atoms with E-state index in [1.165, 1.54) is 29.8 Å². The molecule has 1 aromatic carbocycles. The topological polar surface area (TPSA) is 38.1 Å². The van der Waals surface area contributed by atoms with Gasteiger partial charge in [-0.1, -0.05) is 18.2 Å². The largest absolute Gasteiger partial charge is 0.303 e. The van der Waals surface area contributed by atoms with Crippen LogP contribution in [-0.2, 0) is 24.1 Å². The molecule has 4 rings (SSSR count). The molecule has 22 heavy (non-hydrogen) atoms. The number of fused-ring (bicyclic) bond motifs is 3. The standard InChI is InChI=1S/C18H21N3O/c22-12-15(20-9-3-4-10-20)11-16-18-8-7-14-5-1-2-6-17(14)21(18)13-19-16/h1-2,5-6,12-13,15H,3-4,7-11H2. The highest BCUT2D eigenvalue weighted by Gasteiger charge is 2.25. The second kappa shape index (κ2) is 5.69. The molecule has 3 heterocycles. The van der Waals surface area contributed by atoms with Crippen molar-refractivity contribution in [2.45, 2.75) is 38.1 Å². The van der Waals surface area contributed by atoms with E-state index in [4.69, 9.17) is 0 Å². The number of likely N-dealkylation sites (tertiary alicyclic amines) is 1. The van der Waals surface area contributed by atoms with Crippen molar-refractivity contribution in [1.82, 2.24) is 14.5 Å². The minimum Gasteiger partial charge on any atom is -0.303 e. The zero-order valence-electron chi connectivity index (χ0n) is 12.7. The number of carbonyl (C=O) groups excluding carboxylic acids is 1. The quantitative estimate of drug-likeness (QED) is 0.812. The van der Waals surface area contributed by atoms with E-state index < -0.39 is 0 Å². The van der Waals surface area contributed by atoms with Crippen LogP contribution in [0.25, 0.3) is 5.69 Å². The SMILES string of the molecule is O=CC(Cc1ncn2c1CCc1ccccc1-2)N1CCCC1. The highest BCUT2D eigenvalue weighted by atomic mass is 16.1. The molecule has 2 aliphatic rings. The van der Waals surface area contributed by atoms with Crippen LogP contribution in [0.1, 0.15) is 29.8 Å². The maximum atomic E-state index is 11.5. The fourth-order valence-corrected chi connectivity index (χ4v) is 3.80.